The number of carbonyl (C=O) groups excluding carboxylic acids is 1. The van der Waals surface area contributed by atoms with Gasteiger partial charge in [-0.3, -0.25) is 14.9 Å². The first kappa shape index (κ1) is 22.7. The smallest absolute Gasteiger partial charge is 0.246 e. The summed E-state index contributed by atoms with van der Waals surface area (Å²) < 4.78 is 15.9. The van der Waals surface area contributed by atoms with Crippen molar-refractivity contribution in [1.82, 2.24) is 30.0 Å². The van der Waals surface area contributed by atoms with E-state index in [-0.39, 0.29) is 29.6 Å². The van der Waals surface area contributed by atoms with Crippen molar-refractivity contribution in [2.24, 2.45) is 0 Å². The molecule has 9 nitrogen and oxygen atoms in total. The standard InChI is InChI=1S/C24H20ClFN8O/c1-3-19(35)34-7-6-33(11-14(34)4-5-27)24-16-9-28-23(21(26)22(16)29-12-30-24)20-13(2)17(25)8-18-15(20)10-31-32-18/h3,8-10,12,14H,1,4,6-7,11H2,2H3,(H,31,32)/t14-/m0/s1. The summed E-state index contributed by atoms with van der Waals surface area (Å²) in [7, 11) is 0. The Kier molecular flexibility index (Phi) is 5.78. The summed E-state index contributed by atoms with van der Waals surface area (Å²) in [5.41, 5.74) is 2.15. The molecule has 1 aliphatic rings. The number of carbonyl (C=O) groups is 1. The number of rotatable bonds is 4. The number of piperazine rings is 1. The molecule has 4 aromatic rings. The number of fused-ring (bicyclic) bond motifs is 2. The second kappa shape index (κ2) is 8.92. The largest absolute Gasteiger partial charge is 0.352 e. The molecule has 1 atom stereocenters. The zero-order chi connectivity index (χ0) is 24.7. The molecule has 1 fully saturated rings. The van der Waals surface area contributed by atoms with Crippen LogP contribution in [0.15, 0.2) is 37.4 Å². The third kappa shape index (κ3) is 3.74. The summed E-state index contributed by atoms with van der Waals surface area (Å²) >= 11 is 6.39. The van der Waals surface area contributed by atoms with E-state index in [9.17, 15) is 10.1 Å². The van der Waals surface area contributed by atoms with Gasteiger partial charge in [-0.15, -0.1) is 0 Å². The minimum atomic E-state index is -0.590. The quantitative estimate of drug-likeness (QED) is 0.433. The highest BCUT2D eigenvalue weighted by Crippen LogP contribution is 2.38. The topological polar surface area (TPSA) is 115 Å². The molecule has 3 aromatic heterocycles. The average molecular weight is 491 g/mol. The minimum Gasteiger partial charge on any atom is -0.352 e. The Hall–Kier alpha value is -4.10. The van der Waals surface area contributed by atoms with Crippen LogP contribution in [0.2, 0.25) is 5.02 Å². The van der Waals surface area contributed by atoms with E-state index in [1.54, 1.807) is 30.3 Å². The highest BCUT2D eigenvalue weighted by atomic mass is 35.5. The number of nitrogens with one attached hydrogen (secondary N) is 1. The number of halogens is 2. The normalized spacial score (nSPS) is 16.0. The van der Waals surface area contributed by atoms with Crippen molar-refractivity contribution < 1.29 is 9.18 Å². The molecule has 35 heavy (non-hydrogen) atoms. The van der Waals surface area contributed by atoms with E-state index in [1.165, 1.54) is 12.4 Å². The van der Waals surface area contributed by atoms with Crippen molar-refractivity contribution in [3.05, 3.63) is 53.8 Å². The van der Waals surface area contributed by atoms with Crippen molar-refractivity contribution in [3.63, 3.8) is 0 Å². The van der Waals surface area contributed by atoms with E-state index in [2.05, 4.69) is 37.8 Å². The van der Waals surface area contributed by atoms with E-state index in [4.69, 9.17) is 11.6 Å². The lowest BCUT2D eigenvalue weighted by Gasteiger charge is -2.41. The third-order valence-electron chi connectivity index (χ3n) is 6.35. The van der Waals surface area contributed by atoms with Gasteiger partial charge in [0.05, 0.1) is 35.6 Å². The second-order valence-electron chi connectivity index (χ2n) is 8.27. The molecular weight excluding hydrogens is 471 g/mol. The fourth-order valence-corrected chi connectivity index (χ4v) is 4.81. The average Bonchev–Trinajstić information content (AvgIpc) is 3.33. The van der Waals surface area contributed by atoms with Gasteiger partial charge in [0, 0.05) is 41.8 Å². The van der Waals surface area contributed by atoms with Crippen LogP contribution in [0.5, 0.6) is 0 Å². The maximum absolute atomic E-state index is 15.9. The van der Waals surface area contributed by atoms with Gasteiger partial charge in [0.2, 0.25) is 5.91 Å². The van der Waals surface area contributed by atoms with E-state index in [1.807, 2.05) is 4.90 Å². The number of H-pyrrole nitrogens is 1. The van der Waals surface area contributed by atoms with Crippen LogP contribution in [0.4, 0.5) is 10.2 Å². The van der Waals surface area contributed by atoms with E-state index in [0.717, 1.165) is 0 Å². The van der Waals surface area contributed by atoms with Crippen LogP contribution in [0.25, 0.3) is 33.1 Å². The van der Waals surface area contributed by atoms with Crippen LogP contribution in [0.1, 0.15) is 12.0 Å². The molecule has 1 saturated heterocycles. The van der Waals surface area contributed by atoms with Gasteiger partial charge < -0.3 is 9.80 Å². The maximum Gasteiger partial charge on any atom is 0.246 e. The molecule has 0 aliphatic carbocycles. The van der Waals surface area contributed by atoms with Gasteiger partial charge >= 0.3 is 0 Å². The SMILES string of the molecule is C=CC(=O)N1CCN(c2ncnc3c(F)c(-c4c(C)c(Cl)cc5[nH]ncc45)ncc23)C[C@@H]1CC#N. The van der Waals surface area contributed by atoms with Crippen LogP contribution in [-0.4, -0.2) is 61.6 Å². The number of anilines is 1. The molecule has 0 unspecified atom stereocenters. The Balaban J connectivity index is 1.59. The molecule has 1 amide bonds. The van der Waals surface area contributed by atoms with Crippen molar-refractivity contribution in [3.8, 4) is 17.3 Å². The third-order valence-corrected chi connectivity index (χ3v) is 6.74. The number of hydrogen-bond acceptors (Lipinski definition) is 7. The fourth-order valence-electron chi connectivity index (χ4n) is 4.61. The number of amides is 1. The Morgan fingerprint density at radius 1 is 1.34 bits per heavy atom. The highest BCUT2D eigenvalue weighted by Gasteiger charge is 2.31. The maximum atomic E-state index is 15.9. The van der Waals surface area contributed by atoms with Crippen LogP contribution in [0.3, 0.4) is 0 Å². The summed E-state index contributed by atoms with van der Waals surface area (Å²) in [5.74, 6) is -0.317. The van der Waals surface area contributed by atoms with Crippen molar-refractivity contribution in [2.45, 2.75) is 19.4 Å². The molecule has 176 valence electrons. The predicted molar refractivity (Wildman–Crippen MR) is 130 cm³/mol. The van der Waals surface area contributed by atoms with Crippen LogP contribution < -0.4 is 4.90 Å². The molecule has 0 saturated carbocycles. The van der Waals surface area contributed by atoms with Gasteiger partial charge in [0.15, 0.2) is 5.82 Å². The Labute approximate surface area is 204 Å². The number of benzene rings is 1. The predicted octanol–water partition coefficient (Wildman–Crippen LogP) is 3.79. The zero-order valence-corrected chi connectivity index (χ0v) is 19.6. The van der Waals surface area contributed by atoms with Crippen molar-refractivity contribution in [2.75, 3.05) is 24.5 Å². The summed E-state index contributed by atoms with van der Waals surface area (Å²) in [6, 6.07) is 3.54. The lowest BCUT2D eigenvalue weighted by Crippen LogP contribution is -2.55. The number of nitriles is 1. The van der Waals surface area contributed by atoms with Gasteiger partial charge in [0.1, 0.15) is 23.4 Å². The Bertz CT molecular complexity index is 1530. The highest BCUT2D eigenvalue weighted by molar-refractivity contribution is 6.32. The fraction of sp³-hybridized carbons (Fsp3) is 0.250. The molecular formula is C24H20ClFN8O. The lowest BCUT2D eigenvalue weighted by atomic mass is 9.99. The lowest BCUT2D eigenvalue weighted by molar-refractivity contribution is -0.128. The van der Waals surface area contributed by atoms with Gasteiger partial charge in [-0.1, -0.05) is 18.2 Å². The molecule has 1 aliphatic heterocycles. The van der Waals surface area contributed by atoms with Gasteiger partial charge in [-0.2, -0.15) is 10.4 Å². The van der Waals surface area contributed by atoms with Crippen molar-refractivity contribution in [1.29, 1.82) is 5.26 Å². The zero-order valence-electron chi connectivity index (χ0n) is 18.8. The number of aromatic amines is 1. The molecule has 5 rings (SSSR count). The van der Waals surface area contributed by atoms with Gasteiger partial charge in [-0.05, 0) is 24.6 Å². The van der Waals surface area contributed by atoms with Crippen LogP contribution in [0, 0.1) is 24.1 Å². The number of nitrogens with zero attached hydrogens (tertiary/aromatic N) is 7. The van der Waals surface area contributed by atoms with Crippen LogP contribution in [-0.2, 0) is 4.79 Å². The van der Waals surface area contributed by atoms with E-state index >= 15 is 4.39 Å². The van der Waals surface area contributed by atoms with E-state index < -0.39 is 5.82 Å². The first-order chi connectivity index (χ1) is 16.9. The summed E-state index contributed by atoms with van der Waals surface area (Å²) in [6.45, 7) is 6.56. The number of aromatic nitrogens is 5. The number of hydrogen-bond donors (Lipinski definition) is 1. The molecule has 0 bridgehead atoms. The molecule has 11 heteroatoms. The Morgan fingerprint density at radius 3 is 2.94 bits per heavy atom. The summed E-state index contributed by atoms with van der Waals surface area (Å²) in [6.07, 6.45) is 5.88. The molecule has 0 radical (unpaired) electrons. The van der Waals surface area contributed by atoms with Gasteiger partial charge in [-0.25, -0.2) is 14.4 Å². The second-order valence-corrected chi connectivity index (χ2v) is 8.68. The minimum absolute atomic E-state index is 0.123. The molecule has 4 heterocycles. The van der Waals surface area contributed by atoms with E-state index in [0.29, 0.717) is 57.9 Å². The monoisotopic (exact) mass is 490 g/mol. The van der Waals surface area contributed by atoms with Crippen LogP contribution >= 0.6 is 11.6 Å². The molecule has 0 spiro atoms. The number of pyridine rings is 1. The first-order valence-corrected chi connectivity index (χ1v) is 11.3. The van der Waals surface area contributed by atoms with Gasteiger partial charge in [0.25, 0.3) is 0 Å². The van der Waals surface area contributed by atoms with Crippen molar-refractivity contribution >= 4 is 45.1 Å². The summed E-state index contributed by atoms with van der Waals surface area (Å²) in [4.78, 5) is 28.9. The molecule has 1 aromatic carbocycles. The summed E-state index contributed by atoms with van der Waals surface area (Å²) in [5, 5.41) is 17.8. The molecule has 1 N–H and O–H groups in total. The Morgan fingerprint density at radius 2 is 2.17 bits per heavy atom. The first-order valence-electron chi connectivity index (χ1n) is 10.9.